The molecule has 0 radical (unpaired) electrons. The number of Topliss-reactive ketones (excluding diaryl/α,β-unsaturated/α-hetero) is 1. The summed E-state index contributed by atoms with van der Waals surface area (Å²) in [6, 6.07) is 7.96. The van der Waals surface area contributed by atoms with Crippen molar-refractivity contribution in [3.8, 4) is 0 Å². The van der Waals surface area contributed by atoms with Gasteiger partial charge >= 0.3 is 0 Å². The van der Waals surface area contributed by atoms with E-state index in [4.69, 9.17) is 0 Å². The van der Waals surface area contributed by atoms with Crippen molar-refractivity contribution in [3.63, 3.8) is 0 Å². The molecule has 2 aliphatic rings. The molecule has 1 aromatic carbocycles. The van der Waals surface area contributed by atoms with E-state index in [9.17, 15) is 4.79 Å². The Hall–Kier alpha value is -0.910. The molecule has 0 aromatic heterocycles. The number of amidine groups is 1. The summed E-state index contributed by atoms with van der Waals surface area (Å²) in [4.78, 5) is 14.8. The van der Waals surface area contributed by atoms with Gasteiger partial charge in [0.25, 0.3) is 0 Å². The SMILES string of the molecule is Cc1ccc(C(=O)CN2CCC[N+]3=C2CCCCC3)cc1.[I-]. The average molecular weight is 412 g/mol. The van der Waals surface area contributed by atoms with Gasteiger partial charge in [0, 0.05) is 18.4 Å². The van der Waals surface area contributed by atoms with Gasteiger partial charge in [0.15, 0.2) is 0 Å². The minimum absolute atomic E-state index is 0. The van der Waals surface area contributed by atoms with Gasteiger partial charge in [-0.05, 0) is 26.2 Å². The smallest absolute Gasteiger partial charge is 0.247 e. The highest BCUT2D eigenvalue weighted by atomic mass is 127. The third kappa shape index (κ3) is 4.09. The van der Waals surface area contributed by atoms with E-state index < -0.39 is 0 Å². The number of aryl methyl sites for hydroxylation is 1. The Balaban J connectivity index is 0.00000176. The van der Waals surface area contributed by atoms with Crippen LogP contribution in [0.2, 0.25) is 0 Å². The number of hydrogen-bond donors (Lipinski definition) is 0. The molecule has 0 aliphatic carbocycles. The van der Waals surface area contributed by atoms with Crippen LogP contribution in [0.5, 0.6) is 0 Å². The number of hydrogen-bond acceptors (Lipinski definition) is 2. The summed E-state index contributed by atoms with van der Waals surface area (Å²) in [6.07, 6.45) is 6.19. The van der Waals surface area contributed by atoms with Crippen LogP contribution in [-0.2, 0) is 0 Å². The molecule has 3 rings (SSSR count). The van der Waals surface area contributed by atoms with Gasteiger partial charge in [-0.1, -0.05) is 29.8 Å². The zero-order chi connectivity index (χ0) is 14.7. The lowest BCUT2D eigenvalue weighted by molar-refractivity contribution is -0.538. The Morgan fingerprint density at radius 2 is 1.82 bits per heavy atom. The molecule has 3 nitrogen and oxygen atoms in total. The monoisotopic (exact) mass is 412 g/mol. The van der Waals surface area contributed by atoms with Crippen molar-refractivity contribution in [2.24, 2.45) is 0 Å². The second kappa shape index (κ2) is 8.09. The molecule has 0 unspecified atom stereocenters. The Morgan fingerprint density at radius 3 is 2.59 bits per heavy atom. The largest absolute Gasteiger partial charge is 1.00 e. The molecule has 0 saturated heterocycles. The summed E-state index contributed by atoms with van der Waals surface area (Å²) in [5, 5.41) is 0. The quantitative estimate of drug-likeness (QED) is 0.393. The van der Waals surface area contributed by atoms with E-state index in [1.54, 1.807) is 0 Å². The highest BCUT2D eigenvalue weighted by molar-refractivity contribution is 5.99. The number of halogens is 1. The van der Waals surface area contributed by atoms with Gasteiger partial charge in [0.2, 0.25) is 11.6 Å². The van der Waals surface area contributed by atoms with Crippen LogP contribution >= 0.6 is 0 Å². The molecule has 4 heteroatoms. The first kappa shape index (κ1) is 17.4. The van der Waals surface area contributed by atoms with Crippen molar-refractivity contribution < 1.29 is 33.3 Å². The summed E-state index contributed by atoms with van der Waals surface area (Å²) in [5.41, 5.74) is 2.04. The zero-order valence-corrected chi connectivity index (χ0v) is 15.5. The van der Waals surface area contributed by atoms with E-state index in [1.165, 1.54) is 50.2 Å². The summed E-state index contributed by atoms with van der Waals surface area (Å²) >= 11 is 0. The van der Waals surface area contributed by atoms with Crippen molar-refractivity contribution in [3.05, 3.63) is 35.4 Å². The van der Waals surface area contributed by atoms with Crippen molar-refractivity contribution in [1.82, 2.24) is 4.90 Å². The molecule has 2 aliphatic heterocycles. The van der Waals surface area contributed by atoms with Gasteiger partial charge in [-0.2, -0.15) is 0 Å². The third-order valence-electron chi connectivity index (χ3n) is 4.62. The maximum absolute atomic E-state index is 12.5. The maximum Gasteiger partial charge on any atom is 0.247 e. The van der Waals surface area contributed by atoms with Gasteiger partial charge in [-0.25, -0.2) is 0 Å². The Morgan fingerprint density at radius 1 is 1.09 bits per heavy atom. The van der Waals surface area contributed by atoms with Crippen molar-refractivity contribution in [2.75, 3.05) is 26.2 Å². The third-order valence-corrected chi connectivity index (χ3v) is 4.62. The Kier molecular flexibility index (Phi) is 6.41. The predicted molar refractivity (Wildman–Crippen MR) is 85.2 cm³/mol. The van der Waals surface area contributed by atoms with Crippen LogP contribution < -0.4 is 24.0 Å². The molecule has 0 atom stereocenters. The van der Waals surface area contributed by atoms with Crippen LogP contribution in [0.15, 0.2) is 24.3 Å². The first-order valence-electron chi connectivity index (χ1n) is 8.19. The first-order valence-corrected chi connectivity index (χ1v) is 8.19. The first-order chi connectivity index (χ1) is 10.2. The molecule has 120 valence electrons. The number of rotatable bonds is 3. The highest BCUT2D eigenvalue weighted by Gasteiger charge is 2.30. The van der Waals surface area contributed by atoms with Crippen molar-refractivity contribution in [1.29, 1.82) is 0 Å². The number of carbonyl (C=O) groups excluding carboxylic acids is 1. The summed E-state index contributed by atoms with van der Waals surface area (Å²) < 4.78 is 2.51. The lowest BCUT2D eigenvalue weighted by Crippen LogP contribution is -3.00. The number of carbonyl (C=O) groups is 1. The minimum atomic E-state index is 0. The van der Waals surface area contributed by atoms with Gasteiger partial charge in [0.1, 0.15) is 6.54 Å². The average Bonchev–Trinajstić information content (AvgIpc) is 2.74. The second-order valence-electron chi connectivity index (χ2n) is 6.28. The second-order valence-corrected chi connectivity index (χ2v) is 6.28. The van der Waals surface area contributed by atoms with Crippen LogP contribution in [0.25, 0.3) is 0 Å². The summed E-state index contributed by atoms with van der Waals surface area (Å²) in [6.45, 7) is 5.96. The molecule has 0 amide bonds. The fraction of sp³-hybridized carbons (Fsp3) is 0.556. The van der Waals surface area contributed by atoms with Gasteiger partial charge in [0.05, 0.1) is 19.6 Å². The predicted octanol–water partition coefficient (Wildman–Crippen LogP) is -0.128. The molecule has 0 spiro atoms. The Bertz CT molecular complexity index is 551. The van der Waals surface area contributed by atoms with Crippen LogP contribution in [-0.4, -0.2) is 47.3 Å². The maximum atomic E-state index is 12.5. The number of ketones is 1. The highest BCUT2D eigenvalue weighted by Crippen LogP contribution is 2.16. The lowest BCUT2D eigenvalue weighted by atomic mass is 10.1. The molecule has 0 fully saturated rings. The van der Waals surface area contributed by atoms with Gasteiger partial charge in [-0.3, -0.25) is 14.3 Å². The number of nitrogens with zero attached hydrogens (tertiary/aromatic N) is 2. The molecular formula is C18H25IN2O. The molecule has 2 heterocycles. The van der Waals surface area contributed by atoms with Crippen LogP contribution in [0.1, 0.15) is 48.0 Å². The standard InChI is InChI=1S/C18H25N2O.HI/c1-15-7-9-16(10-8-15)17(21)14-20-13-5-12-19-11-4-2-3-6-18(19)20;/h7-10H,2-6,11-14H2,1H3;1H/q+1;/p-1. The molecule has 22 heavy (non-hydrogen) atoms. The zero-order valence-electron chi connectivity index (χ0n) is 13.4. The molecular weight excluding hydrogens is 387 g/mol. The van der Waals surface area contributed by atoms with E-state index >= 15 is 0 Å². The molecule has 1 aromatic rings. The van der Waals surface area contributed by atoms with Crippen LogP contribution in [0.4, 0.5) is 0 Å². The van der Waals surface area contributed by atoms with E-state index in [-0.39, 0.29) is 29.8 Å². The van der Waals surface area contributed by atoms with Crippen LogP contribution in [0.3, 0.4) is 0 Å². The fourth-order valence-corrected chi connectivity index (χ4v) is 3.40. The normalized spacial score (nSPS) is 18.3. The topological polar surface area (TPSA) is 23.3 Å². The molecule has 0 saturated carbocycles. The van der Waals surface area contributed by atoms with Gasteiger partial charge < -0.3 is 24.0 Å². The lowest BCUT2D eigenvalue weighted by Gasteiger charge is -2.25. The summed E-state index contributed by atoms with van der Waals surface area (Å²) in [5.74, 6) is 1.66. The fourth-order valence-electron chi connectivity index (χ4n) is 3.40. The van der Waals surface area contributed by atoms with Crippen molar-refractivity contribution in [2.45, 2.75) is 39.0 Å². The van der Waals surface area contributed by atoms with E-state index in [0.29, 0.717) is 6.54 Å². The Labute approximate surface area is 150 Å². The molecule has 0 N–H and O–H groups in total. The summed E-state index contributed by atoms with van der Waals surface area (Å²) in [7, 11) is 0. The number of benzene rings is 1. The van der Waals surface area contributed by atoms with Crippen molar-refractivity contribution >= 4 is 11.6 Å². The van der Waals surface area contributed by atoms with E-state index in [0.717, 1.165) is 18.5 Å². The minimum Gasteiger partial charge on any atom is -1.00 e. The van der Waals surface area contributed by atoms with E-state index in [1.807, 2.05) is 24.3 Å². The molecule has 0 bridgehead atoms. The van der Waals surface area contributed by atoms with Gasteiger partial charge in [-0.15, -0.1) is 0 Å². The van der Waals surface area contributed by atoms with Crippen LogP contribution in [0, 0.1) is 6.92 Å². The van der Waals surface area contributed by atoms with E-state index in [2.05, 4.69) is 16.4 Å².